The highest BCUT2D eigenvalue weighted by molar-refractivity contribution is 5.60. The van der Waals surface area contributed by atoms with Crippen molar-refractivity contribution in [1.29, 1.82) is 0 Å². The summed E-state index contributed by atoms with van der Waals surface area (Å²) in [5.74, 6) is 0.898. The molecule has 0 bridgehead atoms. The van der Waals surface area contributed by atoms with Crippen LogP contribution in [0, 0.1) is 17.3 Å². The molecule has 0 radical (unpaired) electrons. The Balaban J connectivity index is 4.60. The van der Waals surface area contributed by atoms with Gasteiger partial charge in [0.15, 0.2) is 0 Å². The molecule has 0 N–H and O–H groups in total. The Labute approximate surface area is 70.2 Å². The predicted molar refractivity (Wildman–Crippen MR) is 48.5 cm³/mol. The highest BCUT2D eigenvalue weighted by Gasteiger charge is 2.34. The summed E-state index contributed by atoms with van der Waals surface area (Å²) >= 11 is 0. The van der Waals surface area contributed by atoms with Gasteiger partial charge in [-0.2, -0.15) is 0 Å². The fourth-order valence-corrected chi connectivity index (χ4v) is 1.84. The van der Waals surface area contributed by atoms with E-state index in [2.05, 4.69) is 34.6 Å². The number of carbonyl (C=O) groups excluding carboxylic acids is 1. The van der Waals surface area contributed by atoms with Crippen LogP contribution in [-0.2, 0) is 4.79 Å². The molecule has 0 amide bonds. The van der Waals surface area contributed by atoms with Crippen LogP contribution < -0.4 is 0 Å². The molecule has 1 nitrogen and oxygen atoms in total. The summed E-state index contributed by atoms with van der Waals surface area (Å²) < 4.78 is 0. The van der Waals surface area contributed by atoms with Crippen LogP contribution in [0.3, 0.4) is 0 Å². The van der Waals surface area contributed by atoms with E-state index in [0.29, 0.717) is 11.8 Å². The van der Waals surface area contributed by atoms with Gasteiger partial charge >= 0.3 is 0 Å². The van der Waals surface area contributed by atoms with E-state index in [1.165, 1.54) is 0 Å². The molecule has 0 unspecified atom stereocenters. The summed E-state index contributed by atoms with van der Waals surface area (Å²) in [7, 11) is 0. The van der Waals surface area contributed by atoms with E-state index in [4.69, 9.17) is 0 Å². The minimum absolute atomic E-state index is 0.0972. The van der Waals surface area contributed by atoms with Gasteiger partial charge in [-0.3, -0.25) is 0 Å². The van der Waals surface area contributed by atoms with Gasteiger partial charge in [-0.25, -0.2) is 0 Å². The van der Waals surface area contributed by atoms with E-state index in [0.717, 1.165) is 12.7 Å². The molecule has 0 spiro atoms. The zero-order valence-corrected chi connectivity index (χ0v) is 8.35. The molecule has 0 saturated carbocycles. The number of rotatable bonds is 4. The lowest BCUT2D eigenvalue weighted by Crippen LogP contribution is -2.33. The van der Waals surface area contributed by atoms with Gasteiger partial charge in [0.25, 0.3) is 0 Å². The fraction of sp³-hybridized carbons (Fsp3) is 0.900. The highest BCUT2D eigenvalue weighted by atomic mass is 16.1. The molecule has 0 aromatic carbocycles. The van der Waals surface area contributed by atoms with Crippen molar-refractivity contribution in [2.24, 2.45) is 17.3 Å². The Morgan fingerprint density at radius 1 is 1.18 bits per heavy atom. The Bertz CT molecular complexity index is 117. The topological polar surface area (TPSA) is 17.1 Å². The van der Waals surface area contributed by atoms with Crippen LogP contribution >= 0.6 is 0 Å². The Morgan fingerprint density at radius 3 is 1.55 bits per heavy atom. The first-order valence-electron chi connectivity index (χ1n) is 4.47. The van der Waals surface area contributed by atoms with Gasteiger partial charge in [0.1, 0.15) is 6.29 Å². The maximum atomic E-state index is 10.9. The summed E-state index contributed by atoms with van der Waals surface area (Å²) in [6, 6.07) is 0. The molecule has 0 aromatic rings. The Kier molecular flexibility index (Phi) is 3.77. The third kappa shape index (κ3) is 1.82. The quantitative estimate of drug-likeness (QED) is 0.572. The molecule has 0 fully saturated rings. The second-order valence-corrected chi connectivity index (χ2v) is 3.89. The number of carbonyl (C=O) groups is 1. The van der Waals surface area contributed by atoms with Crippen LogP contribution in [0.1, 0.15) is 41.0 Å². The summed E-state index contributed by atoms with van der Waals surface area (Å²) in [6.07, 6.45) is 2.09. The standard InChI is InChI=1S/C10H20O/c1-6-10(7-11,8(2)3)9(4)5/h7-9H,6H2,1-5H3. The smallest absolute Gasteiger partial charge is 0.126 e. The lowest BCUT2D eigenvalue weighted by molar-refractivity contribution is -0.121. The molecular weight excluding hydrogens is 136 g/mol. The van der Waals surface area contributed by atoms with Crippen LogP contribution in [-0.4, -0.2) is 6.29 Å². The van der Waals surface area contributed by atoms with Crippen LogP contribution in [0.15, 0.2) is 0 Å². The van der Waals surface area contributed by atoms with Crippen LogP contribution in [0.2, 0.25) is 0 Å². The van der Waals surface area contributed by atoms with E-state index in [1.54, 1.807) is 0 Å². The maximum Gasteiger partial charge on any atom is 0.126 e. The molecular formula is C10H20O. The lowest BCUT2D eigenvalue weighted by atomic mass is 9.68. The van der Waals surface area contributed by atoms with Crippen LogP contribution in [0.25, 0.3) is 0 Å². The van der Waals surface area contributed by atoms with Crippen LogP contribution in [0.4, 0.5) is 0 Å². The molecule has 1 heteroatoms. The Morgan fingerprint density at radius 2 is 1.55 bits per heavy atom. The third-order valence-corrected chi connectivity index (χ3v) is 2.98. The van der Waals surface area contributed by atoms with Gasteiger partial charge in [-0.1, -0.05) is 34.6 Å². The van der Waals surface area contributed by atoms with E-state index < -0.39 is 0 Å². The molecule has 0 rings (SSSR count). The van der Waals surface area contributed by atoms with Crippen LogP contribution in [0.5, 0.6) is 0 Å². The molecule has 66 valence electrons. The summed E-state index contributed by atoms with van der Waals surface area (Å²) in [5, 5.41) is 0. The molecule has 0 aliphatic rings. The van der Waals surface area contributed by atoms with Gasteiger partial charge in [-0.05, 0) is 18.3 Å². The first-order valence-corrected chi connectivity index (χ1v) is 4.47. The summed E-state index contributed by atoms with van der Waals surface area (Å²) in [4.78, 5) is 10.9. The average molecular weight is 156 g/mol. The van der Waals surface area contributed by atoms with Gasteiger partial charge in [0.05, 0.1) is 0 Å². The summed E-state index contributed by atoms with van der Waals surface area (Å²) in [5.41, 5.74) is -0.0972. The van der Waals surface area contributed by atoms with Gasteiger partial charge in [-0.15, -0.1) is 0 Å². The fourth-order valence-electron chi connectivity index (χ4n) is 1.84. The highest BCUT2D eigenvalue weighted by Crippen LogP contribution is 2.36. The zero-order valence-electron chi connectivity index (χ0n) is 8.35. The molecule has 0 heterocycles. The zero-order chi connectivity index (χ0) is 9.07. The van der Waals surface area contributed by atoms with Gasteiger partial charge in [0.2, 0.25) is 0 Å². The molecule has 0 aliphatic carbocycles. The van der Waals surface area contributed by atoms with Crippen molar-refractivity contribution in [3.63, 3.8) is 0 Å². The minimum atomic E-state index is -0.0972. The molecule has 0 saturated heterocycles. The van der Waals surface area contributed by atoms with Crippen molar-refractivity contribution in [1.82, 2.24) is 0 Å². The minimum Gasteiger partial charge on any atom is -0.303 e. The number of hydrogen-bond donors (Lipinski definition) is 0. The molecule has 11 heavy (non-hydrogen) atoms. The molecule has 0 aliphatic heterocycles. The molecule has 0 aromatic heterocycles. The third-order valence-electron chi connectivity index (χ3n) is 2.98. The first kappa shape index (κ1) is 10.7. The van der Waals surface area contributed by atoms with Gasteiger partial charge in [0, 0.05) is 5.41 Å². The van der Waals surface area contributed by atoms with Crippen molar-refractivity contribution < 1.29 is 4.79 Å². The average Bonchev–Trinajstić information content (AvgIpc) is 1.90. The first-order chi connectivity index (χ1) is 5.01. The number of aldehydes is 1. The molecule has 0 atom stereocenters. The Hall–Kier alpha value is -0.330. The summed E-state index contributed by atoms with van der Waals surface area (Å²) in [6.45, 7) is 10.6. The van der Waals surface area contributed by atoms with Crippen molar-refractivity contribution in [3.05, 3.63) is 0 Å². The second kappa shape index (κ2) is 3.89. The SMILES string of the molecule is CCC(C=O)(C(C)C)C(C)C. The van der Waals surface area contributed by atoms with Crippen molar-refractivity contribution >= 4 is 6.29 Å². The lowest BCUT2D eigenvalue weighted by Gasteiger charge is -2.35. The van der Waals surface area contributed by atoms with E-state index in [9.17, 15) is 4.79 Å². The monoisotopic (exact) mass is 156 g/mol. The second-order valence-electron chi connectivity index (χ2n) is 3.89. The van der Waals surface area contributed by atoms with Crippen molar-refractivity contribution in [2.45, 2.75) is 41.0 Å². The normalized spacial score (nSPS) is 12.6. The van der Waals surface area contributed by atoms with Crippen molar-refractivity contribution in [3.8, 4) is 0 Å². The predicted octanol–water partition coefficient (Wildman–Crippen LogP) is 2.89. The van der Waals surface area contributed by atoms with E-state index in [-0.39, 0.29) is 5.41 Å². The van der Waals surface area contributed by atoms with Gasteiger partial charge < -0.3 is 4.79 Å². The maximum absolute atomic E-state index is 10.9. The largest absolute Gasteiger partial charge is 0.303 e. The number of hydrogen-bond acceptors (Lipinski definition) is 1. The van der Waals surface area contributed by atoms with E-state index in [1.807, 2.05) is 0 Å². The van der Waals surface area contributed by atoms with Crippen molar-refractivity contribution in [2.75, 3.05) is 0 Å². The van der Waals surface area contributed by atoms with E-state index >= 15 is 0 Å².